The fourth-order valence-electron chi connectivity index (χ4n) is 3.93. The molecule has 1 aliphatic rings. The molecule has 3 aromatic rings. The maximum atomic E-state index is 13.1. The molecule has 1 aliphatic heterocycles. The molecule has 0 atom stereocenters. The number of hydrogen-bond donors (Lipinski definition) is 0. The van der Waals surface area contributed by atoms with Gasteiger partial charge in [-0.3, -0.25) is 14.3 Å². The molecule has 1 aromatic heterocycles. The van der Waals surface area contributed by atoms with Crippen molar-refractivity contribution in [1.29, 1.82) is 0 Å². The van der Waals surface area contributed by atoms with Crippen LogP contribution in [0.1, 0.15) is 44.5 Å². The number of amides is 1. The van der Waals surface area contributed by atoms with Crippen molar-refractivity contribution >= 4 is 11.9 Å². The standard InChI is InChI=1S/C26H32N4O3/c1-20(2)17-30(26-28-27-24-11-7-4-8-16-29(24)26)25(31)19-33-23-14-12-22(13-15-23)32-18-21-9-5-3-6-10-21/h3,5-6,9-10,12-15,20H,4,7-8,11,16-19H2,1-2H3. The molecule has 0 spiro atoms. The molecule has 7 heteroatoms. The summed E-state index contributed by atoms with van der Waals surface area (Å²) in [6.45, 7) is 6.06. The summed E-state index contributed by atoms with van der Waals surface area (Å²) in [5, 5.41) is 8.73. The summed E-state index contributed by atoms with van der Waals surface area (Å²) < 4.78 is 13.7. The SMILES string of the molecule is CC(C)CN(C(=O)COc1ccc(OCc2ccccc2)cc1)c1nnc2n1CCCCC2. The summed E-state index contributed by atoms with van der Waals surface area (Å²) in [6, 6.07) is 17.4. The first-order valence-corrected chi connectivity index (χ1v) is 11.7. The Hall–Kier alpha value is -3.35. The number of benzene rings is 2. The third-order valence-electron chi connectivity index (χ3n) is 5.61. The van der Waals surface area contributed by atoms with E-state index in [1.54, 1.807) is 4.90 Å². The number of hydrogen-bond acceptors (Lipinski definition) is 5. The highest BCUT2D eigenvalue weighted by Gasteiger charge is 2.25. The van der Waals surface area contributed by atoms with Gasteiger partial charge < -0.3 is 9.47 Å². The molecular formula is C26H32N4O3. The van der Waals surface area contributed by atoms with Gasteiger partial charge in [-0.15, -0.1) is 10.2 Å². The quantitative estimate of drug-likeness (QED) is 0.477. The summed E-state index contributed by atoms with van der Waals surface area (Å²) in [5.74, 6) is 3.17. The summed E-state index contributed by atoms with van der Waals surface area (Å²) in [4.78, 5) is 14.9. The van der Waals surface area contributed by atoms with Gasteiger partial charge in [-0.25, -0.2) is 0 Å². The topological polar surface area (TPSA) is 69.5 Å². The van der Waals surface area contributed by atoms with Gasteiger partial charge in [0.1, 0.15) is 23.9 Å². The van der Waals surface area contributed by atoms with Crippen molar-refractivity contribution < 1.29 is 14.3 Å². The van der Waals surface area contributed by atoms with Gasteiger partial charge in [0.05, 0.1) is 0 Å². The van der Waals surface area contributed by atoms with E-state index in [-0.39, 0.29) is 12.5 Å². The van der Waals surface area contributed by atoms with Gasteiger partial charge in [0.2, 0.25) is 5.95 Å². The van der Waals surface area contributed by atoms with E-state index in [0.29, 0.717) is 30.8 Å². The Morgan fingerprint density at radius 3 is 2.42 bits per heavy atom. The van der Waals surface area contributed by atoms with Crippen molar-refractivity contribution in [2.75, 3.05) is 18.1 Å². The summed E-state index contributed by atoms with van der Waals surface area (Å²) >= 11 is 0. The van der Waals surface area contributed by atoms with Crippen LogP contribution in [0.3, 0.4) is 0 Å². The molecule has 0 bridgehead atoms. The Balaban J connectivity index is 1.37. The molecular weight excluding hydrogens is 416 g/mol. The molecule has 0 aliphatic carbocycles. The molecule has 0 radical (unpaired) electrons. The second-order valence-corrected chi connectivity index (χ2v) is 8.81. The van der Waals surface area contributed by atoms with Crippen molar-refractivity contribution in [2.24, 2.45) is 5.92 Å². The number of aromatic nitrogens is 3. The predicted octanol–water partition coefficient (Wildman–Crippen LogP) is 4.65. The number of carbonyl (C=O) groups is 1. The van der Waals surface area contributed by atoms with E-state index in [4.69, 9.17) is 9.47 Å². The normalized spacial score (nSPS) is 13.3. The number of carbonyl (C=O) groups excluding carboxylic acids is 1. The first-order valence-electron chi connectivity index (χ1n) is 11.7. The van der Waals surface area contributed by atoms with Crippen LogP contribution in [0.5, 0.6) is 11.5 Å². The molecule has 33 heavy (non-hydrogen) atoms. The van der Waals surface area contributed by atoms with Crippen molar-refractivity contribution in [3.05, 3.63) is 66.0 Å². The fraction of sp³-hybridized carbons (Fsp3) is 0.423. The van der Waals surface area contributed by atoms with Crippen LogP contribution >= 0.6 is 0 Å². The lowest BCUT2D eigenvalue weighted by atomic mass is 10.2. The highest BCUT2D eigenvalue weighted by Crippen LogP contribution is 2.22. The first-order chi connectivity index (χ1) is 16.1. The molecule has 0 N–H and O–H groups in total. The Labute approximate surface area is 195 Å². The average molecular weight is 449 g/mol. The summed E-state index contributed by atoms with van der Waals surface area (Å²) in [7, 11) is 0. The Kier molecular flexibility index (Phi) is 7.60. The van der Waals surface area contributed by atoms with E-state index >= 15 is 0 Å². The van der Waals surface area contributed by atoms with Gasteiger partial charge in [0, 0.05) is 19.5 Å². The number of fused-ring (bicyclic) bond motifs is 1. The molecule has 1 amide bonds. The Bertz CT molecular complexity index is 1030. The van der Waals surface area contributed by atoms with Crippen LogP contribution in [0.15, 0.2) is 54.6 Å². The van der Waals surface area contributed by atoms with Crippen LogP contribution < -0.4 is 14.4 Å². The predicted molar refractivity (Wildman–Crippen MR) is 127 cm³/mol. The molecule has 0 saturated carbocycles. The van der Waals surface area contributed by atoms with Crippen molar-refractivity contribution in [1.82, 2.24) is 14.8 Å². The number of anilines is 1. The average Bonchev–Trinajstić information content (AvgIpc) is 3.08. The molecule has 7 nitrogen and oxygen atoms in total. The van der Waals surface area contributed by atoms with E-state index in [9.17, 15) is 4.79 Å². The number of ether oxygens (including phenoxy) is 2. The third kappa shape index (κ3) is 6.12. The second-order valence-electron chi connectivity index (χ2n) is 8.81. The zero-order valence-corrected chi connectivity index (χ0v) is 19.4. The lowest BCUT2D eigenvalue weighted by molar-refractivity contribution is -0.120. The highest BCUT2D eigenvalue weighted by molar-refractivity contribution is 5.92. The Morgan fingerprint density at radius 1 is 0.970 bits per heavy atom. The maximum absolute atomic E-state index is 13.1. The highest BCUT2D eigenvalue weighted by atomic mass is 16.5. The minimum absolute atomic E-state index is 0.0564. The van der Waals surface area contributed by atoms with Crippen molar-refractivity contribution in [3.63, 3.8) is 0 Å². The largest absolute Gasteiger partial charge is 0.489 e. The van der Waals surface area contributed by atoms with E-state index in [0.717, 1.165) is 42.9 Å². The fourth-order valence-corrected chi connectivity index (χ4v) is 3.93. The van der Waals surface area contributed by atoms with Crippen LogP contribution in [0, 0.1) is 5.92 Å². The minimum atomic E-state index is -0.118. The second kappa shape index (κ2) is 11.0. The van der Waals surface area contributed by atoms with Crippen LogP contribution in [0.4, 0.5) is 5.95 Å². The molecule has 2 heterocycles. The smallest absolute Gasteiger partial charge is 0.267 e. The zero-order valence-electron chi connectivity index (χ0n) is 19.4. The number of nitrogens with zero attached hydrogens (tertiary/aromatic N) is 4. The van der Waals surface area contributed by atoms with Crippen molar-refractivity contribution in [3.8, 4) is 11.5 Å². The molecule has 0 unspecified atom stereocenters. The van der Waals surface area contributed by atoms with Crippen molar-refractivity contribution in [2.45, 2.75) is 52.7 Å². The number of aryl methyl sites for hydroxylation is 1. The van der Waals surface area contributed by atoms with E-state index in [1.807, 2.05) is 54.6 Å². The molecule has 174 valence electrons. The van der Waals surface area contributed by atoms with Crippen LogP contribution in [0.2, 0.25) is 0 Å². The summed E-state index contributed by atoms with van der Waals surface area (Å²) in [6.07, 6.45) is 4.28. The maximum Gasteiger partial charge on any atom is 0.267 e. The first kappa shape index (κ1) is 22.8. The van der Waals surface area contributed by atoms with Gasteiger partial charge in [-0.1, -0.05) is 50.6 Å². The molecule has 4 rings (SSSR count). The van der Waals surface area contributed by atoms with E-state index < -0.39 is 0 Å². The van der Waals surface area contributed by atoms with Crippen LogP contribution in [0.25, 0.3) is 0 Å². The molecule has 2 aromatic carbocycles. The van der Waals surface area contributed by atoms with Crippen LogP contribution in [-0.2, 0) is 24.4 Å². The van der Waals surface area contributed by atoms with E-state index in [2.05, 4.69) is 28.6 Å². The van der Waals surface area contributed by atoms with Gasteiger partial charge >= 0.3 is 0 Å². The lowest BCUT2D eigenvalue weighted by Gasteiger charge is -2.24. The monoisotopic (exact) mass is 448 g/mol. The zero-order chi connectivity index (χ0) is 23.0. The van der Waals surface area contributed by atoms with E-state index in [1.165, 1.54) is 6.42 Å². The Morgan fingerprint density at radius 2 is 1.70 bits per heavy atom. The van der Waals surface area contributed by atoms with Gasteiger partial charge in [-0.2, -0.15) is 0 Å². The molecule has 0 saturated heterocycles. The lowest BCUT2D eigenvalue weighted by Crippen LogP contribution is -2.39. The third-order valence-corrected chi connectivity index (χ3v) is 5.61. The van der Waals surface area contributed by atoms with Gasteiger partial charge in [-0.05, 0) is 48.6 Å². The van der Waals surface area contributed by atoms with Gasteiger partial charge in [0.15, 0.2) is 6.61 Å². The molecule has 0 fully saturated rings. The summed E-state index contributed by atoms with van der Waals surface area (Å²) in [5.41, 5.74) is 1.11. The van der Waals surface area contributed by atoms with Crippen LogP contribution in [-0.4, -0.2) is 33.8 Å². The minimum Gasteiger partial charge on any atom is -0.489 e. The van der Waals surface area contributed by atoms with Gasteiger partial charge in [0.25, 0.3) is 5.91 Å². The number of rotatable bonds is 9.